The van der Waals surface area contributed by atoms with E-state index in [1.54, 1.807) is 6.07 Å². The van der Waals surface area contributed by atoms with Crippen LogP contribution in [0.4, 0.5) is 5.69 Å². The summed E-state index contributed by atoms with van der Waals surface area (Å²) in [5, 5.41) is 11.8. The van der Waals surface area contributed by atoms with E-state index >= 15 is 0 Å². The van der Waals surface area contributed by atoms with E-state index in [-0.39, 0.29) is 0 Å². The Balaban J connectivity index is 1.45. The Hall–Kier alpha value is -2.50. The SMILES string of the molecule is CC1CCN(CCN2CCn3c(c(C4CCCCC4)c4ccc(C(=O)O)cc43)-c3ccc(Cl)cc32)CC1. The van der Waals surface area contributed by atoms with Crippen molar-refractivity contribution < 1.29 is 9.90 Å². The molecular weight excluding hydrogens is 482 g/mol. The Labute approximate surface area is 225 Å². The van der Waals surface area contributed by atoms with Crippen LogP contribution in [-0.2, 0) is 6.54 Å². The van der Waals surface area contributed by atoms with Gasteiger partial charge in [0.05, 0.1) is 11.3 Å². The third kappa shape index (κ3) is 4.77. The van der Waals surface area contributed by atoms with E-state index in [1.165, 1.54) is 85.9 Å². The Bertz CT molecular complexity index is 1300. The number of aromatic carboxylic acids is 1. The summed E-state index contributed by atoms with van der Waals surface area (Å²) in [7, 11) is 0. The summed E-state index contributed by atoms with van der Waals surface area (Å²) in [5.74, 6) is 0.477. The van der Waals surface area contributed by atoms with Crippen LogP contribution in [0.5, 0.6) is 0 Å². The maximum atomic E-state index is 11.9. The van der Waals surface area contributed by atoms with Gasteiger partial charge in [-0.05, 0) is 86.5 Å². The van der Waals surface area contributed by atoms with Crippen molar-refractivity contribution in [2.24, 2.45) is 5.92 Å². The fourth-order valence-electron chi connectivity index (χ4n) is 6.92. The van der Waals surface area contributed by atoms with Crippen LogP contribution in [0.25, 0.3) is 22.2 Å². The van der Waals surface area contributed by atoms with Crippen LogP contribution in [0.15, 0.2) is 36.4 Å². The number of aromatic nitrogens is 1. The van der Waals surface area contributed by atoms with Crippen molar-refractivity contribution in [1.82, 2.24) is 9.47 Å². The van der Waals surface area contributed by atoms with Gasteiger partial charge in [0.1, 0.15) is 0 Å². The van der Waals surface area contributed by atoms with E-state index in [0.717, 1.165) is 42.6 Å². The molecule has 6 heteroatoms. The number of hydrogen-bond donors (Lipinski definition) is 1. The van der Waals surface area contributed by atoms with Gasteiger partial charge in [0.25, 0.3) is 0 Å². The highest BCUT2D eigenvalue weighted by Crippen LogP contribution is 2.47. The second-order valence-corrected chi connectivity index (χ2v) is 11.9. The highest BCUT2D eigenvalue weighted by molar-refractivity contribution is 6.31. The predicted octanol–water partition coefficient (Wildman–Crippen LogP) is 7.26. The molecule has 2 fully saturated rings. The molecule has 3 aliphatic rings. The fraction of sp³-hybridized carbons (Fsp3) is 0.516. The van der Waals surface area contributed by atoms with Crippen LogP contribution in [0, 0.1) is 5.92 Å². The van der Waals surface area contributed by atoms with Crippen LogP contribution in [0.1, 0.15) is 73.7 Å². The van der Waals surface area contributed by atoms with Gasteiger partial charge >= 0.3 is 5.97 Å². The quantitative estimate of drug-likeness (QED) is 0.385. The molecule has 1 N–H and O–H groups in total. The standard InChI is InChI=1S/C31H38ClN3O2/c1-21-11-13-33(14-12-21)15-16-34-17-18-35-28-19-23(31(36)37)7-9-25(28)29(22-5-3-2-4-6-22)30(35)26-10-8-24(32)20-27(26)34/h7-10,19-22H,2-6,11-18H2,1H3,(H,36,37). The molecule has 0 atom stereocenters. The fourth-order valence-corrected chi connectivity index (χ4v) is 7.09. The molecule has 0 spiro atoms. The lowest BCUT2D eigenvalue weighted by Gasteiger charge is -2.33. The lowest BCUT2D eigenvalue weighted by atomic mass is 9.81. The molecule has 1 saturated carbocycles. The van der Waals surface area contributed by atoms with E-state index in [0.29, 0.717) is 11.5 Å². The van der Waals surface area contributed by atoms with Gasteiger partial charge in [0, 0.05) is 53.4 Å². The monoisotopic (exact) mass is 519 g/mol. The molecule has 2 aromatic carbocycles. The Morgan fingerprint density at radius 1 is 0.946 bits per heavy atom. The second-order valence-electron chi connectivity index (χ2n) is 11.5. The van der Waals surface area contributed by atoms with Crippen LogP contribution >= 0.6 is 11.6 Å². The van der Waals surface area contributed by atoms with Crippen LogP contribution in [0.2, 0.25) is 5.02 Å². The molecule has 5 nitrogen and oxygen atoms in total. The number of carboxylic acids is 1. The van der Waals surface area contributed by atoms with Gasteiger partial charge in [-0.2, -0.15) is 0 Å². The zero-order valence-electron chi connectivity index (χ0n) is 21.9. The van der Waals surface area contributed by atoms with Crippen molar-refractivity contribution in [3.63, 3.8) is 0 Å². The molecule has 2 aliphatic heterocycles. The highest BCUT2D eigenvalue weighted by Gasteiger charge is 2.31. The summed E-state index contributed by atoms with van der Waals surface area (Å²) in [4.78, 5) is 17.0. The van der Waals surface area contributed by atoms with Crippen molar-refractivity contribution in [3.05, 3.63) is 52.5 Å². The van der Waals surface area contributed by atoms with Crippen molar-refractivity contribution in [2.45, 2.75) is 64.3 Å². The number of likely N-dealkylation sites (tertiary alicyclic amines) is 1. The second kappa shape index (κ2) is 10.3. The number of hydrogen-bond acceptors (Lipinski definition) is 3. The van der Waals surface area contributed by atoms with Gasteiger partial charge in [-0.3, -0.25) is 0 Å². The predicted molar refractivity (Wildman–Crippen MR) is 152 cm³/mol. The first-order chi connectivity index (χ1) is 18.0. The molecule has 37 heavy (non-hydrogen) atoms. The minimum absolute atomic E-state index is 0.361. The molecule has 0 radical (unpaired) electrons. The molecule has 1 saturated heterocycles. The number of piperidine rings is 1. The normalized spacial score (nSPS) is 19.6. The lowest BCUT2D eigenvalue weighted by Crippen LogP contribution is -2.40. The first-order valence-corrected chi connectivity index (χ1v) is 14.5. The topological polar surface area (TPSA) is 48.7 Å². The summed E-state index contributed by atoms with van der Waals surface area (Å²) in [6.07, 6.45) is 8.81. The van der Waals surface area contributed by atoms with Crippen molar-refractivity contribution in [1.29, 1.82) is 0 Å². The van der Waals surface area contributed by atoms with Crippen LogP contribution < -0.4 is 4.90 Å². The van der Waals surface area contributed by atoms with Gasteiger partial charge in [-0.1, -0.05) is 43.9 Å². The van der Waals surface area contributed by atoms with E-state index in [9.17, 15) is 9.90 Å². The van der Waals surface area contributed by atoms with E-state index in [4.69, 9.17) is 11.6 Å². The van der Waals surface area contributed by atoms with E-state index < -0.39 is 5.97 Å². The molecule has 6 rings (SSSR count). The van der Waals surface area contributed by atoms with Crippen molar-refractivity contribution in [2.75, 3.05) is 37.6 Å². The third-order valence-corrected chi connectivity index (χ3v) is 9.31. The number of benzene rings is 2. The summed E-state index contributed by atoms with van der Waals surface area (Å²) in [6, 6.07) is 12.1. The average Bonchev–Trinajstić information content (AvgIpc) is 3.14. The summed E-state index contributed by atoms with van der Waals surface area (Å²) < 4.78 is 2.42. The molecule has 1 aliphatic carbocycles. The zero-order valence-corrected chi connectivity index (χ0v) is 22.6. The van der Waals surface area contributed by atoms with Gasteiger partial charge in [-0.15, -0.1) is 0 Å². The first-order valence-electron chi connectivity index (χ1n) is 14.2. The molecule has 0 amide bonds. The van der Waals surface area contributed by atoms with E-state index in [2.05, 4.69) is 39.5 Å². The third-order valence-electron chi connectivity index (χ3n) is 9.08. The minimum atomic E-state index is -0.866. The molecule has 0 unspecified atom stereocenters. The maximum absolute atomic E-state index is 11.9. The molecule has 0 bridgehead atoms. The smallest absolute Gasteiger partial charge is 0.335 e. The number of fused-ring (bicyclic) bond motifs is 5. The molecule has 3 aromatic rings. The summed E-state index contributed by atoms with van der Waals surface area (Å²) in [6.45, 7) is 8.50. The first kappa shape index (κ1) is 24.8. The largest absolute Gasteiger partial charge is 0.478 e. The van der Waals surface area contributed by atoms with Crippen LogP contribution in [0.3, 0.4) is 0 Å². The van der Waals surface area contributed by atoms with Gasteiger partial charge in [0.15, 0.2) is 0 Å². The average molecular weight is 520 g/mol. The molecular formula is C31H38ClN3O2. The maximum Gasteiger partial charge on any atom is 0.335 e. The summed E-state index contributed by atoms with van der Waals surface area (Å²) >= 11 is 6.60. The Morgan fingerprint density at radius 2 is 1.73 bits per heavy atom. The number of carbonyl (C=O) groups is 1. The number of carboxylic acid groups (broad SMARTS) is 1. The van der Waals surface area contributed by atoms with Gasteiger partial charge in [-0.25, -0.2) is 4.79 Å². The highest BCUT2D eigenvalue weighted by atomic mass is 35.5. The molecule has 3 heterocycles. The number of rotatable bonds is 5. The summed E-state index contributed by atoms with van der Waals surface area (Å²) in [5.41, 5.74) is 6.58. The number of halogens is 1. The molecule has 196 valence electrons. The van der Waals surface area contributed by atoms with Gasteiger partial charge < -0.3 is 19.5 Å². The molecule has 1 aromatic heterocycles. The minimum Gasteiger partial charge on any atom is -0.478 e. The zero-order chi connectivity index (χ0) is 25.5. The van der Waals surface area contributed by atoms with Crippen molar-refractivity contribution >= 4 is 34.2 Å². The van der Waals surface area contributed by atoms with Crippen molar-refractivity contribution in [3.8, 4) is 11.3 Å². The van der Waals surface area contributed by atoms with E-state index in [1.807, 2.05) is 12.1 Å². The van der Waals surface area contributed by atoms with Gasteiger partial charge in [0.2, 0.25) is 0 Å². The van der Waals surface area contributed by atoms with Crippen LogP contribution in [-0.4, -0.2) is 53.3 Å². The number of anilines is 1. The lowest BCUT2D eigenvalue weighted by molar-refractivity contribution is 0.0697. The Kier molecular flexibility index (Phi) is 6.93. The Morgan fingerprint density at radius 3 is 2.49 bits per heavy atom. The number of nitrogens with zero attached hydrogens (tertiary/aromatic N) is 3.